The van der Waals surface area contributed by atoms with E-state index >= 15 is 0 Å². The van der Waals surface area contributed by atoms with Gasteiger partial charge in [-0.05, 0) is 28.1 Å². The molecule has 0 unspecified atom stereocenters. The third-order valence-corrected chi connectivity index (χ3v) is 3.86. The Morgan fingerprint density at radius 1 is 0.960 bits per heavy atom. The summed E-state index contributed by atoms with van der Waals surface area (Å²) in [4.78, 5) is 22.2. The fourth-order valence-electron chi connectivity index (χ4n) is 2.84. The van der Waals surface area contributed by atoms with Crippen molar-refractivity contribution < 1.29 is 9.85 Å². The molecule has 0 N–H and O–H groups in total. The van der Waals surface area contributed by atoms with Crippen molar-refractivity contribution in [1.29, 1.82) is 0 Å². The molecule has 2 aromatic heterocycles. The number of fused-ring (bicyclic) bond motifs is 3. The van der Waals surface area contributed by atoms with Crippen LogP contribution in [0.3, 0.4) is 0 Å². The zero-order chi connectivity index (χ0) is 17.6. The minimum atomic E-state index is -0.598. The van der Waals surface area contributed by atoms with Gasteiger partial charge in [-0.2, -0.15) is 4.52 Å². The lowest BCUT2D eigenvalue weighted by Crippen LogP contribution is -2.02. The Kier molecular flexibility index (Phi) is 3.10. The maximum absolute atomic E-state index is 11.7. The fraction of sp³-hybridized carbons (Fsp3) is 0. The molecular weight excluding hydrogens is 328 g/mol. The molecule has 0 spiro atoms. The highest BCUT2D eigenvalue weighted by Crippen LogP contribution is 2.41. The maximum Gasteiger partial charge on any atom is 0.296 e. The van der Waals surface area contributed by atoms with Crippen LogP contribution in [0.15, 0.2) is 48.5 Å². The van der Waals surface area contributed by atoms with Gasteiger partial charge in [0.2, 0.25) is 0 Å². The van der Waals surface area contributed by atoms with Gasteiger partial charge in [0.15, 0.2) is 11.2 Å². The first-order valence-corrected chi connectivity index (χ1v) is 7.10. The number of nitro groups is 2. The summed E-state index contributed by atoms with van der Waals surface area (Å²) in [7, 11) is 0. The Morgan fingerprint density at radius 2 is 1.72 bits per heavy atom. The maximum atomic E-state index is 11.7. The fourth-order valence-corrected chi connectivity index (χ4v) is 2.84. The number of non-ortho nitro benzene ring substituents is 1. The number of hydrogen-bond acceptors (Lipinski definition) is 7. The molecule has 0 fully saturated rings. The van der Waals surface area contributed by atoms with E-state index in [1.807, 2.05) is 0 Å². The first-order chi connectivity index (χ1) is 12.1. The van der Waals surface area contributed by atoms with Crippen molar-refractivity contribution in [3.63, 3.8) is 0 Å². The van der Waals surface area contributed by atoms with Crippen LogP contribution < -0.4 is 0 Å². The van der Waals surface area contributed by atoms with E-state index in [2.05, 4.69) is 15.5 Å². The average Bonchev–Trinajstić information content (AvgIpc) is 3.09. The van der Waals surface area contributed by atoms with Gasteiger partial charge in [-0.25, -0.2) is 0 Å². The second kappa shape index (κ2) is 5.30. The van der Waals surface area contributed by atoms with Crippen LogP contribution in [-0.4, -0.2) is 29.9 Å². The molecule has 0 radical (unpaired) electrons. The molecule has 0 atom stereocenters. The lowest BCUT2D eigenvalue weighted by molar-refractivity contribution is -0.386. The third kappa shape index (κ3) is 2.16. The zero-order valence-corrected chi connectivity index (χ0v) is 12.4. The molecule has 122 valence electrons. The van der Waals surface area contributed by atoms with Crippen LogP contribution in [0, 0.1) is 20.2 Å². The quantitative estimate of drug-likeness (QED) is 0.415. The van der Waals surface area contributed by atoms with Gasteiger partial charge in [-0.15, -0.1) is 5.10 Å². The van der Waals surface area contributed by atoms with E-state index in [0.717, 1.165) is 4.52 Å². The Balaban J connectivity index is 2.24. The standard InChI is InChI=1S/C15H8N6O4/c22-20(23)12-8-11(9-4-2-1-3-5-9)14(21(24)25)10-6-7-13-16-17-18-19(13)15(10)12/h1-8H. The number of nitro benzene ring substituents is 2. The summed E-state index contributed by atoms with van der Waals surface area (Å²) in [5.41, 5.74) is 0.381. The van der Waals surface area contributed by atoms with Gasteiger partial charge < -0.3 is 0 Å². The lowest BCUT2D eigenvalue weighted by atomic mass is 9.99. The highest BCUT2D eigenvalue weighted by molar-refractivity contribution is 6.02. The summed E-state index contributed by atoms with van der Waals surface area (Å²) in [6, 6.07) is 12.6. The first-order valence-electron chi connectivity index (χ1n) is 7.10. The van der Waals surface area contributed by atoms with Crippen molar-refractivity contribution in [2.45, 2.75) is 0 Å². The van der Waals surface area contributed by atoms with Crippen molar-refractivity contribution in [1.82, 2.24) is 20.0 Å². The van der Waals surface area contributed by atoms with Gasteiger partial charge in [-0.3, -0.25) is 20.2 Å². The minimum absolute atomic E-state index is 0.0149. The highest BCUT2D eigenvalue weighted by atomic mass is 16.6. The molecule has 2 heterocycles. The monoisotopic (exact) mass is 336 g/mol. The van der Waals surface area contributed by atoms with Gasteiger partial charge in [0.1, 0.15) is 0 Å². The number of rotatable bonds is 3. The Hall–Kier alpha value is -3.95. The van der Waals surface area contributed by atoms with E-state index in [1.54, 1.807) is 30.3 Å². The van der Waals surface area contributed by atoms with Crippen LogP contribution in [0.4, 0.5) is 11.4 Å². The van der Waals surface area contributed by atoms with Gasteiger partial charge in [0.05, 0.1) is 20.8 Å². The Bertz CT molecular complexity index is 1160. The van der Waals surface area contributed by atoms with Crippen LogP contribution >= 0.6 is 0 Å². The van der Waals surface area contributed by atoms with E-state index in [-0.39, 0.29) is 33.5 Å². The van der Waals surface area contributed by atoms with Gasteiger partial charge in [-0.1, -0.05) is 30.3 Å². The van der Waals surface area contributed by atoms with E-state index in [4.69, 9.17) is 0 Å². The van der Waals surface area contributed by atoms with E-state index in [0.29, 0.717) is 5.56 Å². The van der Waals surface area contributed by atoms with Crippen molar-refractivity contribution in [3.05, 3.63) is 68.8 Å². The van der Waals surface area contributed by atoms with Gasteiger partial charge >= 0.3 is 0 Å². The van der Waals surface area contributed by atoms with E-state index in [1.165, 1.54) is 18.2 Å². The van der Waals surface area contributed by atoms with Crippen molar-refractivity contribution >= 4 is 27.9 Å². The van der Waals surface area contributed by atoms with Crippen LogP contribution in [-0.2, 0) is 0 Å². The first kappa shape index (κ1) is 14.6. The van der Waals surface area contributed by atoms with Crippen molar-refractivity contribution in [3.8, 4) is 11.1 Å². The molecule has 2 aromatic carbocycles. The molecule has 0 saturated heterocycles. The lowest BCUT2D eigenvalue weighted by Gasteiger charge is -2.08. The number of pyridine rings is 1. The van der Waals surface area contributed by atoms with E-state index < -0.39 is 9.85 Å². The van der Waals surface area contributed by atoms with Crippen LogP contribution in [0.25, 0.3) is 27.7 Å². The molecule has 0 bridgehead atoms. The molecule has 10 nitrogen and oxygen atoms in total. The molecule has 4 rings (SSSR count). The van der Waals surface area contributed by atoms with Crippen LogP contribution in [0.2, 0.25) is 0 Å². The summed E-state index contributed by atoms with van der Waals surface area (Å²) < 4.78 is 1.13. The molecule has 0 aliphatic carbocycles. The molecular formula is C15H8N6O4. The molecule has 25 heavy (non-hydrogen) atoms. The third-order valence-electron chi connectivity index (χ3n) is 3.86. The van der Waals surface area contributed by atoms with Crippen molar-refractivity contribution in [2.24, 2.45) is 0 Å². The largest absolute Gasteiger partial charge is 0.296 e. The Labute approximate surface area is 138 Å². The predicted octanol–water partition coefficient (Wildman–Crippen LogP) is 2.76. The molecule has 0 amide bonds. The number of aromatic nitrogens is 4. The van der Waals surface area contributed by atoms with Crippen LogP contribution in [0.1, 0.15) is 0 Å². The molecule has 10 heteroatoms. The molecule has 0 saturated carbocycles. The number of tetrazole rings is 1. The zero-order valence-electron chi connectivity index (χ0n) is 12.4. The number of hydrogen-bond donors (Lipinski definition) is 0. The average molecular weight is 336 g/mol. The number of benzene rings is 2. The summed E-state index contributed by atoms with van der Waals surface area (Å²) in [5, 5.41) is 34.4. The van der Waals surface area contributed by atoms with E-state index in [9.17, 15) is 20.2 Å². The summed E-state index contributed by atoms with van der Waals surface area (Å²) >= 11 is 0. The molecule has 0 aliphatic heterocycles. The molecule has 4 aromatic rings. The topological polar surface area (TPSA) is 129 Å². The molecule has 0 aliphatic rings. The number of nitrogens with zero attached hydrogens (tertiary/aromatic N) is 6. The van der Waals surface area contributed by atoms with Crippen molar-refractivity contribution in [2.75, 3.05) is 0 Å². The SMILES string of the molecule is O=[N+]([O-])c1c(-c2ccccc2)cc([N+](=O)[O-])c2c1ccc1nnnn12. The second-order valence-electron chi connectivity index (χ2n) is 5.22. The highest BCUT2D eigenvalue weighted by Gasteiger charge is 2.29. The summed E-state index contributed by atoms with van der Waals surface area (Å²) in [6.07, 6.45) is 0. The second-order valence-corrected chi connectivity index (χ2v) is 5.22. The predicted molar refractivity (Wildman–Crippen MR) is 87.0 cm³/mol. The summed E-state index contributed by atoms with van der Waals surface area (Å²) in [6.45, 7) is 0. The normalized spacial score (nSPS) is 11.0. The Morgan fingerprint density at radius 3 is 2.40 bits per heavy atom. The minimum Gasteiger partial charge on any atom is -0.258 e. The van der Waals surface area contributed by atoms with Gasteiger partial charge in [0.25, 0.3) is 11.4 Å². The summed E-state index contributed by atoms with van der Waals surface area (Å²) in [5.74, 6) is 0. The van der Waals surface area contributed by atoms with Gasteiger partial charge in [0, 0.05) is 6.07 Å². The van der Waals surface area contributed by atoms with Crippen LogP contribution in [0.5, 0.6) is 0 Å². The smallest absolute Gasteiger partial charge is 0.258 e.